The lowest BCUT2D eigenvalue weighted by molar-refractivity contribution is -0.139. The molecule has 0 saturated carbocycles. The van der Waals surface area contributed by atoms with Gasteiger partial charge in [-0.1, -0.05) is 112 Å². The first-order valence-corrected chi connectivity index (χ1v) is 20.1. The number of allylic oxidation sites excluding steroid dienone is 3. The summed E-state index contributed by atoms with van der Waals surface area (Å²) in [6, 6.07) is 22.7. The van der Waals surface area contributed by atoms with Gasteiger partial charge in [0.1, 0.15) is 15.9 Å². The van der Waals surface area contributed by atoms with Crippen LogP contribution in [0, 0.1) is 12.8 Å². The van der Waals surface area contributed by atoms with Gasteiger partial charge in [-0.2, -0.15) is 0 Å². The van der Waals surface area contributed by atoms with E-state index in [-0.39, 0.29) is 12.2 Å². The van der Waals surface area contributed by atoms with Crippen LogP contribution < -0.4 is 5.32 Å². The van der Waals surface area contributed by atoms with Gasteiger partial charge < -0.3 is 15.2 Å². The Labute approximate surface area is 313 Å². The highest BCUT2D eigenvalue weighted by Gasteiger charge is 2.26. The van der Waals surface area contributed by atoms with Crippen LogP contribution in [0.25, 0.3) is 11.1 Å². The van der Waals surface area contributed by atoms with Gasteiger partial charge in [0.15, 0.2) is 0 Å². The average Bonchev–Trinajstić information content (AvgIpc) is 3.54. The van der Waals surface area contributed by atoms with Crippen LogP contribution in [-0.2, 0) is 32.3 Å². The summed E-state index contributed by atoms with van der Waals surface area (Å²) in [6.45, 7) is 16.8. The first-order chi connectivity index (χ1) is 24.7. The van der Waals surface area contributed by atoms with Gasteiger partial charge in [-0.15, -0.1) is 0 Å². The van der Waals surface area contributed by atoms with Crippen molar-refractivity contribution < 1.29 is 27.9 Å². The highest BCUT2D eigenvalue weighted by molar-refractivity contribution is 7.90. The van der Waals surface area contributed by atoms with E-state index in [0.717, 1.165) is 67.4 Å². The number of nitrogens with one attached hydrogen (secondary N) is 1. The standard InChI is InChI=1S/C31H36N2O5S.C7H12.C3H8.C2H6O/c1-22-8-6-7-11-26(22)28-19-24(20-33-16-14-25(21-33)18-23-9-4-3-5-10-23)12-13-27(28)30(34)32-29(31(35)36)15-17-39(2,37)38;1-4-6-7(3)5-2;2*1-3-2/h3-13,19,25,29H,14-18,20-21H2,1-2H3,(H,32,34)(H,35,36);4,6H,1,5H2,2-3H3;3H2,1-2H3;1-2H3/b;7-6+;;. The zero-order valence-corrected chi connectivity index (χ0v) is 33.5. The topological polar surface area (TPSA) is 113 Å². The van der Waals surface area contributed by atoms with Crippen molar-refractivity contribution in [3.8, 4) is 11.1 Å². The zero-order chi connectivity index (χ0) is 39.1. The fraction of sp³-hybridized carbons (Fsp3) is 0.442. The lowest BCUT2D eigenvalue weighted by Crippen LogP contribution is -2.42. The van der Waals surface area contributed by atoms with E-state index < -0.39 is 27.8 Å². The number of carbonyl (C=O) groups is 2. The normalized spacial score (nSPS) is 14.7. The number of carboxylic acids is 1. The summed E-state index contributed by atoms with van der Waals surface area (Å²) in [5.74, 6) is -1.52. The average molecular weight is 735 g/mol. The van der Waals surface area contributed by atoms with Crippen molar-refractivity contribution >= 4 is 21.7 Å². The SMILES string of the molecule is C=C/C=C(\C)CC.CCC.COC.Cc1ccccc1-c1cc(CN2CCC(Cc3ccccc3)C2)ccc1C(=O)NC(CCS(C)(=O)=O)C(=O)O. The molecule has 3 aromatic rings. The highest BCUT2D eigenvalue weighted by Crippen LogP contribution is 2.30. The summed E-state index contributed by atoms with van der Waals surface area (Å²) in [7, 11) is -0.118. The quantitative estimate of drug-likeness (QED) is 0.169. The third-order valence-corrected chi connectivity index (χ3v) is 9.23. The first kappa shape index (κ1) is 46.0. The van der Waals surface area contributed by atoms with Gasteiger partial charge in [0, 0.05) is 39.1 Å². The van der Waals surface area contributed by atoms with Crippen LogP contribution in [0.1, 0.15) is 80.4 Å². The van der Waals surface area contributed by atoms with Crippen LogP contribution in [0.15, 0.2) is 97.1 Å². The number of carboxylic acid groups (broad SMARTS) is 1. The van der Waals surface area contributed by atoms with Crippen LogP contribution in [-0.4, -0.2) is 75.7 Å². The number of likely N-dealkylation sites (tertiary alicyclic amines) is 1. The van der Waals surface area contributed by atoms with Gasteiger partial charge >= 0.3 is 5.97 Å². The Morgan fingerprint density at radius 3 is 2.15 bits per heavy atom. The minimum Gasteiger partial charge on any atom is -0.480 e. The number of carbonyl (C=O) groups excluding carboxylic acids is 1. The third kappa shape index (κ3) is 17.9. The van der Waals surface area contributed by atoms with E-state index in [2.05, 4.69) is 73.5 Å². The van der Waals surface area contributed by atoms with Crippen LogP contribution in [0.2, 0.25) is 0 Å². The summed E-state index contributed by atoms with van der Waals surface area (Å²) >= 11 is 0. The second kappa shape index (κ2) is 25.0. The second-order valence-electron chi connectivity index (χ2n) is 13.3. The van der Waals surface area contributed by atoms with E-state index in [1.165, 1.54) is 17.6 Å². The van der Waals surface area contributed by atoms with E-state index >= 15 is 0 Å². The highest BCUT2D eigenvalue weighted by atomic mass is 32.2. The predicted molar refractivity (Wildman–Crippen MR) is 217 cm³/mol. The first-order valence-electron chi connectivity index (χ1n) is 18.1. The number of ether oxygens (including phenoxy) is 1. The minimum absolute atomic E-state index is 0.198. The van der Waals surface area contributed by atoms with Gasteiger partial charge in [0.05, 0.1) is 5.75 Å². The van der Waals surface area contributed by atoms with Crippen LogP contribution >= 0.6 is 0 Å². The molecule has 0 aliphatic carbocycles. The van der Waals surface area contributed by atoms with Gasteiger partial charge in [-0.05, 0) is 91.9 Å². The van der Waals surface area contributed by atoms with E-state index in [9.17, 15) is 23.1 Å². The molecule has 1 saturated heterocycles. The molecule has 2 atom stereocenters. The number of rotatable bonds is 13. The number of aliphatic carboxylic acids is 1. The summed E-state index contributed by atoms with van der Waals surface area (Å²) in [6.07, 6.45) is 9.29. The third-order valence-electron chi connectivity index (χ3n) is 8.25. The summed E-state index contributed by atoms with van der Waals surface area (Å²) in [5.41, 5.74) is 6.82. The molecule has 8 nitrogen and oxygen atoms in total. The van der Waals surface area contributed by atoms with E-state index in [1.54, 1.807) is 20.3 Å². The predicted octanol–water partition coefficient (Wildman–Crippen LogP) is 8.55. The largest absolute Gasteiger partial charge is 0.480 e. The molecule has 52 heavy (non-hydrogen) atoms. The molecule has 0 aromatic heterocycles. The summed E-state index contributed by atoms with van der Waals surface area (Å²) < 4.78 is 27.4. The number of methoxy groups -OCH3 is 1. The molecule has 4 rings (SSSR count). The van der Waals surface area contributed by atoms with Crippen molar-refractivity contribution in [2.75, 3.05) is 39.3 Å². The number of aryl methyl sites for hydroxylation is 1. The number of hydrogen-bond donors (Lipinski definition) is 2. The Bertz CT molecular complexity index is 1650. The van der Waals surface area contributed by atoms with Gasteiger partial charge in [-0.3, -0.25) is 9.69 Å². The van der Waals surface area contributed by atoms with Crippen molar-refractivity contribution in [1.29, 1.82) is 0 Å². The lowest BCUT2D eigenvalue weighted by atomic mass is 9.93. The van der Waals surface area contributed by atoms with Gasteiger partial charge in [0.25, 0.3) is 5.91 Å². The van der Waals surface area contributed by atoms with Crippen LogP contribution in [0.3, 0.4) is 0 Å². The summed E-state index contributed by atoms with van der Waals surface area (Å²) in [4.78, 5) is 27.5. The lowest BCUT2D eigenvalue weighted by Gasteiger charge is -2.20. The monoisotopic (exact) mass is 734 g/mol. The fourth-order valence-corrected chi connectivity index (χ4v) is 6.22. The molecule has 2 unspecified atom stereocenters. The molecule has 286 valence electrons. The van der Waals surface area contributed by atoms with E-state index in [1.807, 2.05) is 61.5 Å². The molecule has 2 N–H and O–H groups in total. The van der Waals surface area contributed by atoms with Crippen LogP contribution in [0.4, 0.5) is 0 Å². The molecule has 1 aliphatic rings. The number of benzene rings is 3. The van der Waals surface area contributed by atoms with Crippen molar-refractivity contribution in [1.82, 2.24) is 10.2 Å². The van der Waals surface area contributed by atoms with Crippen molar-refractivity contribution in [2.45, 2.75) is 79.3 Å². The van der Waals surface area contributed by atoms with Gasteiger partial charge in [-0.25, -0.2) is 13.2 Å². The minimum atomic E-state index is -3.37. The number of hydrogen-bond acceptors (Lipinski definition) is 6. The Balaban J connectivity index is 0.000000896. The number of sulfone groups is 1. The van der Waals surface area contributed by atoms with Crippen molar-refractivity contribution in [3.63, 3.8) is 0 Å². The smallest absolute Gasteiger partial charge is 0.326 e. The van der Waals surface area contributed by atoms with E-state index in [0.29, 0.717) is 11.5 Å². The fourth-order valence-electron chi connectivity index (χ4n) is 5.56. The molecular weight excluding hydrogens is 673 g/mol. The maximum atomic E-state index is 13.3. The molecule has 0 radical (unpaired) electrons. The van der Waals surface area contributed by atoms with Crippen LogP contribution in [0.5, 0.6) is 0 Å². The molecule has 3 aromatic carbocycles. The van der Waals surface area contributed by atoms with Gasteiger partial charge in [0.2, 0.25) is 0 Å². The molecule has 0 bridgehead atoms. The number of nitrogens with zero attached hydrogens (tertiary/aromatic N) is 1. The molecule has 1 amide bonds. The Hall–Kier alpha value is -4.05. The van der Waals surface area contributed by atoms with Crippen molar-refractivity contribution in [2.24, 2.45) is 5.92 Å². The van der Waals surface area contributed by atoms with E-state index in [4.69, 9.17) is 0 Å². The Kier molecular flexibility index (Phi) is 22.1. The molecule has 1 aliphatic heterocycles. The second-order valence-corrected chi connectivity index (χ2v) is 15.5. The van der Waals surface area contributed by atoms with Crippen molar-refractivity contribution in [3.05, 3.63) is 119 Å². The maximum Gasteiger partial charge on any atom is 0.326 e. The Morgan fingerprint density at radius 1 is 1.00 bits per heavy atom. The molecule has 0 spiro atoms. The Morgan fingerprint density at radius 2 is 1.62 bits per heavy atom. The molecular formula is C43H62N2O6S. The molecule has 9 heteroatoms. The number of amides is 1. The molecule has 1 heterocycles. The zero-order valence-electron chi connectivity index (χ0n) is 32.7. The maximum absolute atomic E-state index is 13.3. The summed E-state index contributed by atoms with van der Waals surface area (Å²) in [5, 5.41) is 12.1. The molecule has 1 fully saturated rings.